The second-order valence-corrected chi connectivity index (χ2v) is 6.87. The van der Waals surface area contributed by atoms with Crippen molar-refractivity contribution >= 4 is 29.2 Å². The number of benzene rings is 2. The molecule has 0 aliphatic rings. The third-order valence-corrected chi connectivity index (χ3v) is 4.36. The van der Waals surface area contributed by atoms with Crippen LogP contribution in [0.2, 0.25) is 5.02 Å². The second kappa shape index (κ2) is 9.89. The number of hydrogen-bond donors (Lipinski definition) is 1. The third kappa shape index (κ3) is 5.81. The van der Waals surface area contributed by atoms with Crippen molar-refractivity contribution in [2.75, 3.05) is 19.0 Å². The molecule has 0 radical (unpaired) electrons. The van der Waals surface area contributed by atoms with Gasteiger partial charge in [0.05, 0.1) is 19.2 Å². The fourth-order valence-corrected chi connectivity index (χ4v) is 2.74. The van der Waals surface area contributed by atoms with Gasteiger partial charge in [-0.05, 0) is 25.1 Å². The van der Waals surface area contributed by atoms with Crippen LogP contribution in [0.15, 0.2) is 47.0 Å². The number of anilines is 1. The van der Waals surface area contributed by atoms with Crippen molar-refractivity contribution in [3.8, 4) is 17.1 Å². The minimum absolute atomic E-state index is 0.00327. The third-order valence-electron chi connectivity index (χ3n) is 4.12. The lowest BCUT2D eigenvalue weighted by Gasteiger charge is -2.10. The van der Waals surface area contributed by atoms with Gasteiger partial charge in [-0.15, -0.1) is 0 Å². The average molecular weight is 430 g/mol. The van der Waals surface area contributed by atoms with Gasteiger partial charge in [0.25, 0.3) is 5.91 Å². The first-order valence-corrected chi connectivity index (χ1v) is 9.51. The van der Waals surface area contributed by atoms with Crippen LogP contribution in [0.1, 0.15) is 17.9 Å². The Kier molecular flexibility index (Phi) is 7.03. The summed E-state index contributed by atoms with van der Waals surface area (Å²) in [5, 5.41) is 6.94. The van der Waals surface area contributed by atoms with E-state index in [2.05, 4.69) is 15.5 Å². The number of rotatable bonds is 8. The van der Waals surface area contributed by atoms with Crippen molar-refractivity contribution in [2.45, 2.75) is 19.8 Å². The molecule has 0 unspecified atom stereocenters. The van der Waals surface area contributed by atoms with Gasteiger partial charge in [-0.25, -0.2) is 0 Å². The van der Waals surface area contributed by atoms with Crippen LogP contribution in [0.5, 0.6) is 5.75 Å². The summed E-state index contributed by atoms with van der Waals surface area (Å²) in [4.78, 5) is 28.2. The Morgan fingerprint density at radius 1 is 1.17 bits per heavy atom. The van der Waals surface area contributed by atoms with E-state index in [9.17, 15) is 9.59 Å². The molecular formula is C21H20ClN3O5. The summed E-state index contributed by atoms with van der Waals surface area (Å²) in [6.45, 7) is 1.55. The molecule has 0 fully saturated rings. The zero-order valence-electron chi connectivity index (χ0n) is 16.5. The van der Waals surface area contributed by atoms with E-state index in [1.807, 2.05) is 31.2 Å². The maximum Gasteiger partial charge on any atom is 0.306 e. The predicted molar refractivity (Wildman–Crippen MR) is 110 cm³/mol. The minimum Gasteiger partial charge on any atom is -0.495 e. The lowest BCUT2D eigenvalue weighted by Crippen LogP contribution is -2.21. The van der Waals surface area contributed by atoms with Crippen molar-refractivity contribution in [2.24, 2.45) is 0 Å². The van der Waals surface area contributed by atoms with Gasteiger partial charge in [0.2, 0.25) is 11.7 Å². The molecule has 0 aliphatic heterocycles. The summed E-state index contributed by atoms with van der Waals surface area (Å²) >= 11 is 5.92. The van der Waals surface area contributed by atoms with Crippen LogP contribution in [-0.2, 0) is 20.7 Å². The highest BCUT2D eigenvalue weighted by Gasteiger charge is 2.14. The quantitative estimate of drug-likeness (QED) is 0.543. The lowest BCUT2D eigenvalue weighted by atomic mass is 10.1. The number of nitrogens with one attached hydrogen (secondary N) is 1. The first-order chi connectivity index (χ1) is 14.4. The summed E-state index contributed by atoms with van der Waals surface area (Å²) in [6, 6.07) is 12.5. The highest BCUT2D eigenvalue weighted by atomic mass is 35.5. The average Bonchev–Trinajstić information content (AvgIpc) is 3.20. The Labute approximate surface area is 178 Å². The van der Waals surface area contributed by atoms with Crippen LogP contribution in [0.4, 0.5) is 5.69 Å². The maximum absolute atomic E-state index is 12.0. The van der Waals surface area contributed by atoms with Gasteiger partial charge < -0.3 is 19.3 Å². The zero-order chi connectivity index (χ0) is 21.5. The highest BCUT2D eigenvalue weighted by Crippen LogP contribution is 2.27. The molecule has 3 aromatic rings. The monoisotopic (exact) mass is 429 g/mol. The number of carbonyl (C=O) groups excluding carboxylic acids is 2. The number of carbonyl (C=O) groups is 2. The van der Waals surface area contributed by atoms with Crippen LogP contribution in [0.25, 0.3) is 11.4 Å². The summed E-state index contributed by atoms with van der Waals surface area (Å²) in [5.74, 6) is 0.144. The Morgan fingerprint density at radius 2 is 1.93 bits per heavy atom. The molecule has 8 nitrogen and oxygen atoms in total. The van der Waals surface area contributed by atoms with E-state index < -0.39 is 18.5 Å². The number of esters is 1. The van der Waals surface area contributed by atoms with Crippen molar-refractivity contribution in [1.82, 2.24) is 10.1 Å². The molecule has 1 heterocycles. The minimum atomic E-state index is -0.557. The number of aromatic nitrogens is 2. The van der Waals surface area contributed by atoms with Crippen molar-refractivity contribution in [3.63, 3.8) is 0 Å². The van der Waals surface area contributed by atoms with Gasteiger partial charge in [-0.2, -0.15) is 4.98 Å². The van der Waals surface area contributed by atoms with Gasteiger partial charge in [0.15, 0.2) is 6.61 Å². The number of halogens is 1. The largest absolute Gasteiger partial charge is 0.495 e. The standard InChI is InChI=1S/C21H20ClN3O5/c1-13-3-5-14(6-4-13)21-24-19(30-25-21)9-10-20(27)29-12-18(26)23-16-11-15(22)7-8-17(16)28-2/h3-8,11H,9-10,12H2,1-2H3,(H,23,26). The second-order valence-electron chi connectivity index (χ2n) is 6.43. The van der Waals surface area contributed by atoms with E-state index in [-0.39, 0.29) is 12.8 Å². The molecule has 3 rings (SSSR count). The smallest absolute Gasteiger partial charge is 0.306 e. The first-order valence-electron chi connectivity index (χ1n) is 9.13. The number of amides is 1. The van der Waals surface area contributed by atoms with E-state index in [0.717, 1.165) is 11.1 Å². The molecule has 0 atom stereocenters. The summed E-state index contributed by atoms with van der Waals surface area (Å²) in [7, 11) is 1.47. The van der Waals surface area contributed by atoms with Crippen molar-refractivity contribution in [1.29, 1.82) is 0 Å². The molecule has 0 saturated heterocycles. The fourth-order valence-electron chi connectivity index (χ4n) is 2.57. The number of hydrogen-bond acceptors (Lipinski definition) is 7. The molecule has 1 aromatic heterocycles. The number of methoxy groups -OCH3 is 1. The molecule has 0 saturated carbocycles. The molecule has 0 bridgehead atoms. The van der Waals surface area contributed by atoms with Crippen LogP contribution >= 0.6 is 11.6 Å². The Bertz CT molecular complexity index is 1030. The molecule has 2 aromatic carbocycles. The van der Waals surface area contributed by atoms with Crippen molar-refractivity contribution < 1.29 is 23.6 Å². The van der Waals surface area contributed by atoms with Gasteiger partial charge in [-0.3, -0.25) is 9.59 Å². The Balaban J connectivity index is 1.46. The summed E-state index contributed by atoms with van der Waals surface area (Å²) in [6.07, 6.45) is 0.213. The molecular weight excluding hydrogens is 410 g/mol. The zero-order valence-corrected chi connectivity index (χ0v) is 17.2. The van der Waals surface area contributed by atoms with E-state index >= 15 is 0 Å². The lowest BCUT2D eigenvalue weighted by molar-refractivity contribution is -0.147. The highest BCUT2D eigenvalue weighted by molar-refractivity contribution is 6.31. The molecule has 30 heavy (non-hydrogen) atoms. The van der Waals surface area contributed by atoms with E-state index in [1.54, 1.807) is 18.2 Å². The molecule has 1 amide bonds. The molecule has 1 N–H and O–H groups in total. The molecule has 0 aliphatic carbocycles. The van der Waals surface area contributed by atoms with Crippen LogP contribution < -0.4 is 10.1 Å². The fraction of sp³-hybridized carbons (Fsp3) is 0.238. The van der Waals surface area contributed by atoms with E-state index in [0.29, 0.717) is 28.2 Å². The van der Waals surface area contributed by atoms with E-state index in [4.69, 9.17) is 25.6 Å². The SMILES string of the molecule is COc1ccc(Cl)cc1NC(=O)COC(=O)CCc1nc(-c2ccc(C)cc2)no1. The number of ether oxygens (including phenoxy) is 2. The Morgan fingerprint density at radius 3 is 2.67 bits per heavy atom. The maximum atomic E-state index is 12.0. The van der Waals surface area contributed by atoms with Crippen molar-refractivity contribution in [3.05, 3.63) is 58.9 Å². The molecule has 0 spiro atoms. The summed E-state index contributed by atoms with van der Waals surface area (Å²) < 4.78 is 15.3. The van der Waals surface area contributed by atoms with Crippen LogP contribution in [0, 0.1) is 6.92 Å². The van der Waals surface area contributed by atoms with Gasteiger partial charge in [-0.1, -0.05) is 46.6 Å². The van der Waals surface area contributed by atoms with Crippen LogP contribution in [0.3, 0.4) is 0 Å². The predicted octanol–water partition coefficient (Wildman–Crippen LogP) is 3.82. The van der Waals surface area contributed by atoms with Crippen LogP contribution in [-0.4, -0.2) is 35.7 Å². The first kappa shape index (κ1) is 21.3. The normalized spacial score (nSPS) is 10.5. The summed E-state index contributed by atoms with van der Waals surface area (Å²) in [5.41, 5.74) is 2.34. The molecule has 9 heteroatoms. The Hall–Kier alpha value is -3.39. The number of nitrogens with zero attached hydrogens (tertiary/aromatic N) is 2. The number of aryl methyl sites for hydroxylation is 2. The van der Waals surface area contributed by atoms with E-state index in [1.165, 1.54) is 7.11 Å². The van der Waals surface area contributed by atoms with Gasteiger partial charge in [0.1, 0.15) is 5.75 Å². The van der Waals surface area contributed by atoms with Gasteiger partial charge in [0, 0.05) is 17.0 Å². The molecule has 156 valence electrons. The van der Waals surface area contributed by atoms with Gasteiger partial charge >= 0.3 is 5.97 Å². The topological polar surface area (TPSA) is 104 Å².